The number of amides is 1. The molecule has 1 N–H and O–H groups in total. The predicted octanol–water partition coefficient (Wildman–Crippen LogP) is -1.31. The van der Waals surface area contributed by atoms with Gasteiger partial charge >= 0.3 is 0 Å². The Balaban J connectivity index is 2.93. The maximum atomic E-state index is 11.5. The molecule has 2 unspecified atom stereocenters. The largest absolute Gasteiger partial charge is 0.390 e. The molecule has 6 nitrogen and oxygen atoms in total. The van der Waals surface area contributed by atoms with E-state index in [1.54, 1.807) is 14.1 Å². The van der Waals surface area contributed by atoms with Crippen molar-refractivity contribution in [2.45, 2.75) is 12.1 Å². The zero-order valence-electron chi connectivity index (χ0n) is 9.13. The lowest BCUT2D eigenvalue weighted by Gasteiger charge is -2.34. The topological polar surface area (TPSA) is 77.9 Å². The number of aliphatic hydroxyl groups excluding tert-OH is 1. The summed E-state index contributed by atoms with van der Waals surface area (Å²) >= 11 is 5.44. The second kappa shape index (κ2) is 4.87. The van der Waals surface area contributed by atoms with Gasteiger partial charge in [0.1, 0.15) is 5.88 Å². The zero-order valence-corrected chi connectivity index (χ0v) is 10.7. The molecule has 0 aromatic heterocycles. The molecule has 0 aromatic rings. The third-order valence-corrected chi connectivity index (χ3v) is 4.34. The Bertz CT molecular complexity index is 370. The van der Waals surface area contributed by atoms with Gasteiger partial charge in [0, 0.05) is 14.1 Å². The van der Waals surface area contributed by atoms with E-state index in [1.807, 2.05) is 0 Å². The molecule has 0 bridgehead atoms. The number of carbonyl (C=O) groups is 1. The lowest BCUT2D eigenvalue weighted by atomic mass is 10.2. The van der Waals surface area contributed by atoms with Crippen LogP contribution in [-0.2, 0) is 14.6 Å². The Morgan fingerprint density at radius 2 is 2.00 bits per heavy atom. The number of aliphatic hydroxyl groups is 1. The monoisotopic (exact) mass is 270 g/mol. The van der Waals surface area contributed by atoms with Gasteiger partial charge in [-0.3, -0.25) is 9.80 Å². The number of hydrogen-bond donors (Lipinski definition) is 1. The minimum Gasteiger partial charge on any atom is -0.390 e. The first-order chi connectivity index (χ1) is 7.28. The fraction of sp³-hybridized carbons (Fsp3) is 0.875. The van der Waals surface area contributed by atoms with Crippen LogP contribution in [0.15, 0.2) is 0 Å². The second-order valence-corrected chi connectivity index (χ2v) is 6.35. The number of rotatable bonds is 3. The molecular formula is C8H15ClN2O4S. The van der Waals surface area contributed by atoms with E-state index in [9.17, 15) is 18.3 Å². The van der Waals surface area contributed by atoms with E-state index in [4.69, 9.17) is 11.6 Å². The van der Waals surface area contributed by atoms with Gasteiger partial charge in [-0.25, -0.2) is 13.4 Å². The highest BCUT2D eigenvalue weighted by atomic mass is 35.5. The van der Waals surface area contributed by atoms with Crippen molar-refractivity contribution in [1.82, 2.24) is 10.0 Å². The van der Waals surface area contributed by atoms with E-state index in [0.717, 1.165) is 0 Å². The predicted molar refractivity (Wildman–Crippen MR) is 59.7 cm³/mol. The number of sulfone groups is 1. The SMILES string of the molecule is CN(C)N(C(=O)CCl)C1CS(=O)(=O)CC1O. The molecular weight excluding hydrogens is 256 g/mol. The van der Waals surface area contributed by atoms with Crippen LogP contribution in [0.2, 0.25) is 0 Å². The van der Waals surface area contributed by atoms with Crippen LogP contribution in [0.4, 0.5) is 0 Å². The Hall–Kier alpha value is -0.370. The summed E-state index contributed by atoms with van der Waals surface area (Å²) in [6, 6.07) is -0.744. The normalized spacial score (nSPS) is 28.3. The molecule has 16 heavy (non-hydrogen) atoms. The van der Waals surface area contributed by atoms with Crippen LogP contribution in [0.5, 0.6) is 0 Å². The van der Waals surface area contributed by atoms with Crippen molar-refractivity contribution < 1.29 is 18.3 Å². The van der Waals surface area contributed by atoms with E-state index in [0.29, 0.717) is 0 Å². The third kappa shape index (κ3) is 2.85. The summed E-state index contributed by atoms with van der Waals surface area (Å²) in [6.45, 7) is 0. The van der Waals surface area contributed by atoms with Crippen molar-refractivity contribution in [2.24, 2.45) is 0 Å². The van der Waals surface area contributed by atoms with E-state index >= 15 is 0 Å². The van der Waals surface area contributed by atoms with Crippen molar-refractivity contribution in [3.63, 3.8) is 0 Å². The lowest BCUT2D eigenvalue weighted by molar-refractivity contribution is -0.150. The summed E-state index contributed by atoms with van der Waals surface area (Å²) < 4.78 is 22.7. The molecule has 0 aliphatic carbocycles. The summed E-state index contributed by atoms with van der Waals surface area (Å²) in [5.74, 6) is -1.21. The molecule has 1 aliphatic rings. The first kappa shape index (κ1) is 13.7. The molecule has 0 radical (unpaired) electrons. The molecule has 0 aromatic carbocycles. The lowest BCUT2D eigenvalue weighted by Crippen LogP contribution is -2.53. The highest BCUT2D eigenvalue weighted by Gasteiger charge is 2.42. The van der Waals surface area contributed by atoms with Gasteiger partial charge in [-0.2, -0.15) is 0 Å². The molecule has 1 saturated heterocycles. The van der Waals surface area contributed by atoms with Crippen molar-refractivity contribution in [3.8, 4) is 0 Å². The van der Waals surface area contributed by atoms with Crippen LogP contribution in [0.25, 0.3) is 0 Å². The molecule has 0 spiro atoms. The van der Waals surface area contributed by atoms with Crippen LogP contribution < -0.4 is 0 Å². The summed E-state index contributed by atoms with van der Waals surface area (Å²) in [5, 5.41) is 12.3. The third-order valence-electron chi connectivity index (χ3n) is 2.41. The Kier molecular flexibility index (Phi) is 4.17. The minimum atomic E-state index is -3.28. The van der Waals surface area contributed by atoms with Gasteiger partial charge in [0.25, 0.3) is 5.91 Å². The number of carbonyl (C=O) groups excluding carboxylic acids is 1. The van der Waals surface area contributed by atoms with Gasteiger partial charge < -0.3 is 5.11 Å². The van der Waals surface area contributed by atoms with Crippen molar-refractivity contribution in [2.75, 3.05) is 31.5 Å². The van der Waals surface area contributed by atoms with E-state index in [2.05, 4.69) is 0 Å². The van der Waals surface area contributed by atoms with Crippen LogP contribution in [0.1, 0.15) is 0 Å². The summed E-state index contributed by atoms with van der Waals surface area (Å²) in [5.41, 5.74) is 0. The first-order valence-electron chi connectivity index (χ1n) is 4.72. The number of hydrazine groups is 1. The standard InChI is InChI=1S/C8H15ClN2O4S/c1-10(2)11(8(13)3-9)6-4-16(14,15)5-7(6)12/h6-7,12H,3-5H2,1-2H3. The maximum Gasteiger partial charge on any atom is 0.252 e. The first-order valence-corrected chi connectivity index (χ1v) is 7.08. The van der Waals surface area contributed by atoms with E-state index in [-0.39, 0.29) is 17.4 Å². The van der Waals surface area contributed by atoms with Crippen molar-refractivity contribution >= 4 is 27.3 Å². The molecule has 94 valence electrons. The maximum absolute atomic E-state index is 11.5. The van der Waals surface area contributed by atoms with E-state index < -0.39 is 27.9 Å². The van der Waals surface area contributed by atoms with Crippen LogP contribution >= 0.6 is 11.6 Å². The molecule has 2 atom stereocenters. The van der Waals surface area contributed by atoms with Gasteiger partial charge in [-0.05, 0) is 0 Å². The quantitative estimate of drug-likeness (QED) is 0.509. The van der Waals surface area contributed by atoms with Gasteiger partial charge in [0.05, 0.1) is 23.7 Å². The molecule has 1 rings (SSSR count). The number of halogens is 1. The minimum absolute atomic E-state index is 0.227. The number of hydrogen-bond acceptors (Lipinski definition) is 5. The Morgan fingerprint density at radius 3 is 2.31 bits per heavy atom. The molecule has 1 aliphatic heterocycles. The Morgan fingerprint density at radius 1 is 1.44 bits per heavy atom. The highest BCUT2D eigenvalue weighted by Crippen LogP contribution is 2.19. The van der Waals surface area contributed by atoms with Crippen LogP contribution in [0.3, 0.4) is 0 Å². The molecule has 1 amide bonds. The van der Waals surface area contributed by atoms with Crippen molar-refractivity contribution in [1.29, 1.82) is 0 Å². The zero-order chi connectivity index (χ0) is 12.5. The second-order valence-electron chi connectivity index (χ2n) is 3.93. The Labute approximate surface area is 99.7 Å². The summed E-state index contributed by atoms with van der Waals surface area (Å²) in [7, 11) is -0.0799. The molecule has 8 heteroatoms. The van der Waals surface area contributed by atoms with Crippen molar-refractivity contribution in [3.05, 3.63) is 0 Å². The van der Waals surface area contributed by atoms with Gasteiger partial charge in [0.15, 0.2) is 9.84 Å². The smallest absolute Gasteiger partial charge is 0.252 e. The van der Waals surface area contributed by atoms with Crippen LogP contribution in [0, 0.1) is 0 Å². The van der Waals surface area contributed by atoms with Gasteiger partial charge in [0.2, 0.25) is 0 Å². The van der Waals surface area contributed by atoms with Crippen LogP contribution in [-0.4, -0.2) is 73.1 Å². The number of nitrogens with zero attached hydrogens (tertiary/aromatic N) is 2. The number of alkyl halides is 1. The van der Waals surface area contributed by atoms with E-state index in [1.165, 1.54) is 10.0 Å². The molecule has 1 fully saturated rings. The van der Waals surface area contributed by atoms with Gasteiger partial charge in [-0.1, -0.05) is 0 Å². The fourth-order valence-electron chi connectivity index (χ4n) is 1.81. The molecule has 0 saturated carbocycles. The average Bonchev–Trinajstić information content (AvgIpc) is 2.39. The average molecular weight is 271 g/mol. The molecule has 1 heterocycles. The van der Waals surface area contributed by atoms with Gasteiger partial charge in [-0.15, -0.1) is 11.6 Å². The summed E-state index contributed by atoms with van der Waals surface area (Å²) in [4.78, 5) is 11.5. The highest BCUT2D eigenvalue weighted by molar-refractivity contribution is 7.91. The fourth-order valence-corrected chi connectivity index (χ4v) is 3.69. The summed E-state index contributed by atoms with van der Waals surface area (Å²) in [6.07, 6.45) is -1.06.